The van der Waals surface area contributed by atoms with Gasteiger partial charge in [0.1, 0.15) is 5.75 Å². The van der Waals surface area contributed by atoms with Gasteiger partial charge in [0.15, 0.2) is 5.11 Å². The highest BCUT2D eigenvalue weighted by Gasteiger charge is 2.03. The summed E-state index contributed by atoms with van der Waals surface area (Å²) < 4.78 is 5.25. The minimum Gasteiger partial charge on any atom is -0.495 e. The molecule has 104 valence electrons. The Morgan fingerprint density at radius 2 is 2.05 bits per heavy atom. The van der Waals surface area contributed by atoms with Gasteiger partial charge in [0.05, 0.1) is 18.5 Å². The molecule has 1 aromatic carbocycles. The first-order chi connectivity index (χ1) is 9.70. The Kier molecular flexibility index (Phi) is 5.09. The summed E-state index contributed by atoms with van der Waals surface area (Å²) in [5.41, 5.74) is 4.52. The first-order valence-corrected chi connectivity index (χ1v) is 7.27. The SMILES string of the molecule is COc1ccccc1NC(=S)N/N=C(\C)c1cccs1. The summed E-state index contributed by atoms with van der Waals surface area (Å²) in [5.74, 6) is 0.732. The molecule has 0 saturated heterocycles. The Bertz CT molecular complexity index is 609. The second-order valence-electron chi connectivity index (χ2n) is 3.94. The van der Waals surface area contributed by atoms with Gasteiger partial charge in [-0.15, -0.1) is 11.3 Å². The molecule has 2 N–H and O–H groups in total. The van der Waals surface area contributed by atoms with E-state index in [1.807, 2.05) is 48.7 Å². The summed E-state index contributed by atoms with van der Waals surface area (Å²) in [4.78, 5) is 1.11. The van der Waals surface area contributed by atoms with E-state index in [1.165, 1.54) is 0 Å². The van der Waals surface area contributed by atoms with Gasteiger partial charge in [-0.3, -0.25) is 5.43 Å². The number of benzene rings is 1. The lowest BCUT2D eigenvalue weighted by Crippen LogP contribution is -2.25. The molecule has 0 unspecified atom stereocenters. The number of nitrogens with zero attached hydrogens (tertiary/aromatic N) is 1. The van der Waals surface area contributed by atoms with Crippen LogP contribution in [-0.2, 0) is 0 Å². The second-order valence-corrected chi connectivity index (χ2v) is 5.30. The Labute approximate surface area is 127 Å². The maximum atomic E-state index is 5.25. The van der Waals surface area contributed by atoms with Gasteiger partial charge in [0.2, 0.25) is 0 Å². The number of thiophene rings is 1. The minimum absolute atomic E-state index is 0.422. The van der Waals surface area contributed by atoms with E-state index >= 15 is 0 Å². The summed E-state index contributed by atoms with van der Waals surface area (Å²) in [6, 6.07) is 11.6. The van der Waals surface area contributed by atoms with Gasteiger partial charge < -0.3 is 10.1 Å². The minimum atomic E-state index is 0.422. The Hall–Kier alpha value is -1.92. The summed E-state index contributed by atoms with van der Waals surface area (Å²) in [5, 5.41) is 9.74. The highest BCUT2D eigenvalue weighted by molar-refractivity contribution is 7.80. The van der Waals surface area contributed by atoms with Crippen molar-refractivity contribution in [2.24, 2.45) is 5.10 Å². The van der Waals surface area contributed by atoms with Crippen LogP contribution < -0.4 is 15.5 Å². The molecule has 0 aliphatic heterocycles. The molecule has 0 saturated carbocycles. The Morgan fingerprint density at radius 1 is 1.25 bits per heavy atom. The van der Waals surface area contributed by atoms with Crippen LogP contribution in [0.15, 0.2) is 46.9 Å². The van der Waals surface area contributed by atoms with Crippen LogP contribution in [0.3, 0.4) is 0 Å². The average Bonchev–Trinajstić information content (AvgIpc) is 2.99. The number of ether oxygens (including phenoxy) is 1. The van der Waals surface area contributed by atoms with E-state index in [0.717, 1.165) is 22.0 Å². The van der Waals surface area contributed by atoms with E-state index < -0.39 is 0 Å². The number of hydrazone groups is 1. The topological polar surface area (TPSA) is 45.6 Å². The normalized spacial score (nSPS) is 11.0. The second kappa shape index (κ2) is 7.02. The number of thiocarbonyl (C=S) groups is 1. The van der Waals surface area contributed by atoms with Crippen molar-refractivity contribution in [3.05, 3.63) is 46.7 Å². The van der Waals surface area contributed by atoms with Crippen molar-refractivity contribution in [1.82, 2.24) is 5.43 Å². The largest absolute Gasteiger partial charge is 0.495 e. The molecule has 0 fully saturated rings. The summed E-state index contributed by atoms with van der Waals surface area (Å²) >= 11 is 6.85. The van der Waals surface area contributed by atoms with E-state index in [4.69, 9.17) is 17.0 Å². The Balaban J connectivity index is 1.98. The molecule has 0 radical (unpaired) electrons. The molecule has 2 aromatic rings. The van der Waals surface area contributed by atoms with E-state index in [9.17, 15) is 0 Å². The zero-order valence-corrected chi connectivity index (χ0v) is 12.8. The highest BCUT2D eigenvalue weighted by atomic mass is 32.1. The number of hydrogen-bond donors (Lipinski definition) is 2. The molecule has 4 nitrogen and oxygen atoms in total. The molecular weight excluding hydrogens is 290 g/mol. The number of nitrogens with one attached hydrogen (secondary N) is 2. The molecule has 20 heavy (non-hydrogen) atoms. The number of rotatable bonds is 4. The van der Waals surface area contributed by atoms with E-state index in [2.05, 4.69) is 15.8 Å². The maximum Gasteiger partial charge on any atom is 0.191 e. The van der Waals surface area contributed by atoms with Gasteiger partial charge >= 0.3 is 0 Å². The monoisotopic (exact) mass is 305 g/mol. The van der Waals surface area contributed by atoms with Crippen molar-refractivity contribution in [2.45, 2.75) is 6.92 Å². The molecule has 0 aliphatic carbocycles. The van der Waals surface area contributed by atoms with Crippen LogP contribution in [0.1, 0.15) is 11.8 Å². The lowest BCUT2D eigenvalue weighted by molar-refractivity contribution is 0.417. The van der Waals surface area contributed by atoms with Crippen LogP contribution in [0.4, 0.5) is 5.69 Å². The van der Waals surface area contributed by atoms with Crippen molar-refractivity contribution in [3.63, 3.8) is 0 Å². The van der Waals surface area contributed by atoms with Crippen molar-refractivity contribution in [2.75, 3.05) is 12.4 Å². The predicted octanol–water partition coefficient (Wildman–Crippen LogP) is 3.47. The molecule has 0 atom stereocenters. The molecule has 0 bridgehead atoms. The maximum absolute atomic E-state index is 5.25. The molecule has 6 heteroatoms. The lowest BCUT2D eigenvalue weighted by atomic mass is 10.3. The van der Waals surface area contributed by atoms with Gasteiger partial charge in [-0.25, -0.2) is 0 Å². The fraction of sp³-hybridized carbons (Fsp3) is 0.143. The van der Waals surface area contributed by atoms with Crippen molar-refractivity contribution in [3.8, 4) is 5.75 Å². The first-order valence-electron chi connectivity index (χ1n) is 5.99. The third-order valence-electron chi connectivity index (χ3n) is 2.56. The molecule has 0 aliphatic rings. The van der Waals surface area contributed by atoms with Crippen molar-refractivity contribution in [1.29, 1.82) is 0 Å². The number of anilines is 1. The van der Waals surface area contributed by atoms with Crippen LogP contribution in [0.25, 0.3) is 0 Å². The zero-order valence-electron chi connectivity index (χ0n) is 11.2. The van der Waals surface area contributed by atoms with E-state index in [1.54, 1.807) is 18.4 Å². The molecular formula is C14H15N3OS2. The molecule has 1 heterocycles. The molecule has 2 rings (SSSR count). The highest BCUT2D eigenvalue weighted by Crippen LogP contribution is 2.22. The van der Waals surface area contributed by atoms with Gasteiger partial charge in [-0.1, -0.05) is 18.2 Å². The lowest BCUT2D eigenvalue weighted by Gasteiger charge is -2.11. The quantitative estimate of drug-likeness (QED) is 0.516. The molecule has 0 spiro atoms. The zero-order chi connectivity index (χ0) is 14.4. The summed E-state index contributed by atoms with van der Waals surface area (Å²) in [7, 11) is 1.62. The fourth-order valence-corrected chi connectivity index (χ4v) is 2.41. The Morgan fingerprint density at radius 3 is 2.75 bits per heavy atom. The van der Waals surface area contributed by atoms with Crippen LogP contribution in [0.2, 0.25) is 0 Å². The predicted molar refractivity (Wildman–Crippen MR) is 88.9 cm³/mol. The third-order valence-corrected chi connectivity index (χ3v) is 3.73. The number of hydrogen-bond acceptors (Lipinski definition) is 4. The smallest absolute Gasteiger partial charge is 0.191 e. The van der Waals surface area contributed by atoms with Crippen LogP contribution in [0, 0.1) is 0 Å². The third kappa shape index (κ3) is 3.79. The van der Waals surface area contributed by atoms with E-state index in [-0.39, 0.29) is 0 Å². The molecule has 1 aromatic heterocycles. The first kappa shape index (κ1) is 14.5. The summed E-state index contributed by atoms with van der Waals surface area (Å²) in [6.45, 7) is 1.94. The van der Waals surface area contributed by atoms with Crippen LogP contribution >= 0.6 is 23.6 Å². The summed E-state index contributed by atoms with van der Waals surface area (Å²) in [6.07, 6.45) is 0. The average molecular weight is 305 g/mol. The van der Waals surface area contributed by atoms with Crippen molar-refractivity contribution < 1.29 is 4.74 Å². The van der Waals surface area contributed by atoms with Gasteiger partial charge in [-0.05, 0) is 42.7 Å². The van der Waals surface area contributed by atoms with Gasteiger partial charge in [0.25, 0.3) is 0 Å². The number of methoxy groups -OCH3 is 1. The van der Waals surface area contributed by atoms with Gasteiger partial charge in [-0.2, -0.15) is 5.10 Å². The van der Waals surface area contributed by atoms with Crippen LogP contribution in [-0.4, -0.2) is 17.9 Å². The van der Waals surface area contributed by atoms with E-state index in [0.29, 0.717) is 5.11 Å². The standard InChI is InChI=1S/C14H15N3OS2/c1-10(13-8-5-9-20-13)16-17-14(19)15-11-6-3-4-7-12(11)18-2/h3-9H,1-2H3,(H2,15,17,19)/b16-10+. The van der Waals surface area contributed by atoms with Crippen LogP contribution in [0.5, 0.6) is 5.75 Å². The molecule has 0 amide bonds. The fourth-order valence-electron chi connectivity index (χ4n) is 1.57. The van der Waals surface area contributed by atoms with Crippen molar-refractivity contribution >= 4 is 40.1 Å². The van der Waals surface area contributed by atoms with Gasteiger partial charge in [0, 0.05) is 4.88 Å². The number of para-hydroxylation sites is 2.